The van der Waals surface area contributed by atoms with Crippen molar-refractivity contribution in [3.8, 4) is 11.5 Å². The predicted octanol–water partition coefficient (Wildman–Crippen LogP) is 3.56. The van der Waals surface area contributed by atoms with Crippen LogP contribution in [0.4, 0.5) is 4.39 Å². The minimum Gasteiger partial charge on any atom is -0.457 e. The van der Waals surface area contributed by atoms with E-state index >= 15 is 0 Å². The fourth-order valence-electron chi connectivity index (χ4n) is 1.87. The van der Waals surface area contributed by atoms with E-state index in [1.807, 2.05) is 0 Å². The third kappa shape index (κ3) is 4.90. The van der Waals surface area contributed by atoms with Crippen molar-refractivity contribution in [2.24, 2.45) is 5.73 Å². The Morgan fingerprint density at radius 3 is 2.32 bits per heavy atom. The van der Waals surface area contributed by atoms with E-state index in [-0.39, 0.29) is 11.3 Å². The molecule has 0 aliphatic carbocycles. The second-order valence-electron chi connectivity index (χ2n) is 4.69. The highest BCUT2D eigenvalue weighted by molar-refractivity contribution is 9.10. The predicted molar refractivity (Wildman–Crippen MR) is 84.5 cm³/mol. The Kier molecular flexibility index (Phi) is 5.36. The lowest BCUT2D eigenvalue weighted by Gasteiger charge is -2.15. The van der Waals surface area contributed by atoms with E-state index in [2.05, 4.69) is 15.9 Å². The highest BCUT2D eigenvalue weighted by Gasteiger charge is 2.22. The van der Waals surface area contributed by atoms with Gasteiger partial charge in [-0.25, -0.2) is 4.39 Å². The Hall–Kier alpha value is -1.24. The zero-order chi connectivity index (χ0) is 16.3. The van der Waals surface area contributed by atoms with E-state index in [4.69, 9.17) is 20.3 Å². The van der Waals surface area contributed by atoms with Gasteiger partial charge in [0, 0.05) is 22.1 Å². The normalized spacial score (nSPS) is 13.0. The SMILES string of the molecule is NC(CP(=O)(O)O)c1ccc(Oc2ccc(Br)cc2)cc1F. The lowest BCUT2D eigenvalue weighted by atomic mass is 10.1. The van der Waals surface area contributed by atoms with Crippen molar-refractivity contribution in [2.45, 2.75) is 6.04 Å². The Labute approximate surface area is 135 Å². The van der Waals surface area contributed by atoms with Gasteiger partial charge in [-0.3, -0.25) is 4.57 Å². The molecular formula is C14H14BrFNO4P. The molecule has 0 fully saturated rings. The van der Waals surface area contributed by atoms with Crippen molar-refractivity contribution >= 4 is 23.5 Å². The number of rotatable bonds is 5. The quantitative estimate of drug-likeness (QED) is 0.679. The highest BCUT2D eigenvalue weighted by atomic mass is 79.9. The Bertz CT molecular complexity index is 704. The van der Waals surface area contributed by atoms with Crippen molar-refractivity contribution < 1.29 is 23.5 Å². The van der Waals surface area contributed by atoms with Gasteiger partial charge in [0.1, 0.15) is 17.3 Å². The van der Waals surface area contributed by atoms with Crippen LogP contribution in [0.15, 0.2) is 46.9 Å². The van der Waals surface area contributed by atoms with Gasteiger partial charge >= 0.3 is 7.60 Å². The maximum Gasteiger partial charge on any atom is 0.327 e. The molecule has 2 rings (SSSR count). The molecule has 5 nitrogen and oxygen atoms in total. The molecule has 0 heterocycles. The molecule has 4 N–H and O–H groups in total. The fraction of sp³-hybridized carbons (Fsp3) is 0.143. The van der Waals surface area contributed by atoms with E-state index in [0.717, 1.165) is 10.5 Å². The Morgan fingerprint density at radius 1 is 1.18 bits per heavy atom. The number of halogens is 2. The largest absolute Gasteiger partial charge is 0.457 e. The molecule has 8 heteroatoms. The summed E-state index contributed by atoms with van der Waals surface area (Å²) >= 11 is 3.30. The van der Waals surface area contributed by atoms with Gasteiger partial charge in [0.05, 0.1) is 6.16 Å². The van der Waals surface area contributed by atoms with E-state index in [1.54, 1.807) is 24.3 Å². The second-order valence-corrected chi connectivity index (χ2v) is 7.30. The molecule has 1 atom stereocenters. The molecule has 118 valence electrons. The summed E-state index contributed by atoms with van der Waals surface area (Å²) in [5.74, 6) is 0.136. The molecule has 0 aliphatic rings. The van der Waals surface area contributed by atoms with Gasteiger partial charge in [0.2, 0.25) is 0 Å². The summed E-state index contributed by atoms with van der Waals surface area (Å²) in [6, 6.07) is 9.93. The minimum absolute atomic E-state index is 0.0338. The average Bonchev–Trinajstić information content (AvgIpc) is 2.39. The first-order valence-corrected chi connectivity index (χ1v) is 8.87. The van der Waals surface area contributed by atoms with Crippen LogP contribution < -0.4 is 10.5 Å². The molecule has 2 aromatic rings. The summed E-state index contributed by atoms with van der Waals surface area (Å²) in [5, 5.41) is 0. The van der Waals surface area contributed by atoms with Gasteiger partial charge in [-0.2, -0.15) is 0 Å². The summed E-state index contributed by atoms with van der Waals surface area (Å²) in [6.45, 7) is 0. The van der Waals surface area contributed by atoms with Crippen LogP contribution in [0.2, 0.25) is 0 Å². The Morgan fingerprint density at radius 2 is 1.77 bits per heavy atom. The van der Waals surface area contributed by atoms with Crippen molar-refractivity contribution in [2.75, 3.05) is 6.16 Å². The maximum atomic E-state index is 14.0. The summed E-state index contributed by atoms with van der Waals surface area (Å²) in [6.07, 6.45) is -0.614. The molecule has 0 aliphatic heterocycles. The molecule has 0 amide bonds. The van der Waals surface area contributed by atoms with Crippen LogP contribution in [0, 0.1) is 5.82 Å². The first-order chi connectivity index (χ1) is 10.2. The third-order valence-electron chi connectivity index (χ3n) is 2.86. The third-order valence-corrected chi connectivity index (χ3v) is 4.25. The molecular weight excluding hydrogens is 376 g/mol. The van der Waals surface area contributed by atoms with Gasteiger partial charge in [-0.05, 0) is 30.3 Å². The first-order valence-electron chi connectivity index (χ1n) is 6.27. The van der Waals surface area contributed by atoms with Gasteiger partial charge in [0.25, 0.3) is 0 Å². The smallest absolute Gasteiger partial charge is 0.327 e. The van der Waals surface area contributed by atoms with Crippen LogP contribution in [-0.4, -0.2) is 15.9 Å². The molecule has 22 heavy (non-hydrogen) atoms. The molecule has 0 radical (unpaired) electrons. The number of hydrogen-bond donors (Lipinski definition) is 3. The zero-order valence-corrected chi connectivity index (χ0v) is 13.8. The van der Waals surface area contributed by atoms with Crippen molar-refractivity contribution in [1.82, 2.24) is 0 Å². The second kappa shape index (κ2) is 6.89. The monoisotopic (exact) mass is 389 g/mol. The lowest BCUT2D eigenvalue weighted by molar-refractivity contribution is 0.368. The average molecular weight is 390 g/mol. The van der Waals surface area contributed by atoms with Crippen LogP contribution in [-0.2, 0) is 4.57 Å². The van der Waals surface area contributed by atoms with Crippen LogP contribution in [0.3, 0.4) is 0 Å². The highest BCUT2D eigenvalue weighted by Crippen LogP contribution is 2.39. The van der Waals surface area contributed by atoms with Crippen LogP contribution in [0.25, 0.3) is 0 Å². The van der Waals surface area contributed by atoms with E-state index in [9.17, 15) is 8.96 Å². The van der Waals surface area contributed by atoms with Crippen LogP contribution in [0.5, 0.6) is 11.5 Å². The number of benzene rings is 2. The topological polar surface area (TPSA) is 92.8 Å². The fourth-order valence-corrected chi connectivity index (χ4v) is 2.84. The van der Waals surface area contributed by atoms with E-state index < -0.39 is 25.6 Å². The summed E-state index contributed by atoms with van der Waals surface area (Å²) < 4.78 is 31.3. The molecule has 0 aromatic heterocycles. The van der Waals surface area contributed by atoms with Gasteiger partial charge in [0.15, 0.2) is 0 Å². The first kappa shape index (κ1) is 17.1. The summed E-state index contributed by atoms with van der Waals surface area (Å²) in [7, 11) is -4.31. The summed E-state index contributed by atoms with van der Waals surface area (Å²) in [4.78, 5) is 17.8. The van der Waals surface area contributed by atoms with Crippen molar-refractivity contribution in [3.63, 3.8) is 0 Å². The summed E-state index contributed by atoms with van der Waals surface area (Å²) in [5.41, 5.74) is 5.66. The molecule has 2 aromatic carbocycles. The van der Waals surface area contributed by atoms with Gasteiger partial charge in [-0.15, -0.1) is 0 Å². The van der Waals surface area contributed by atoms with Gasteiger partial charge < -0.3 is 20.3 Å². The number of ether oxygens (including phenoxy) is 1. The molecule has 1 unspecified atom stereocenters. The maximum absolute atomic E-state index is 14.0. The van der Waals surface area contributed by atoms with Crippen LogP contribution >= 0.6 is 23.5 Å². The van der Waals surface area contributed by atoms with Crippen molar-refractivity contribution in [1.29, 1.82) is 0 Å². The van der Waals surface area contributed by atoms with E-state index in [1.165, 1.54) is 12.1 Å². The van der Waals surface area contributed by atoms with Crippen LogP contribution in [0.1, 0.15) is 11.6 Å². The molecule has 0 saturated heterocycles. The van der Waals surface area contributed by atoms with Crippen molar-refractivity contribution in [3.05, 3.63) is 58.3 Å². The molecule has 0 spiro atoms. The zero-order valence-electron chi connectivity index (χ0n) is 11.3. The standard InChI is InChI=1S/C14H14BrFNO4P/c15-9-1-3-10(4-2-9)21-11-5-6-12(13(16)7-11)14(17)8-22(18,19)20/h1-7,14H,8,17H2,(H2,18,19,20). The Balaban J connectivity index is 2.15. The molecule has 0 bridgehead atoms. The minimum atomic E-state index is -4.31. The molecule has 0 saturated carbocycles. The van der Waals surface area contributed by atoms with E-state index in [0.29, 0.717) is 5.75 Å². The van der Waals surface area contributed by atoms with Gasteiger partial charge in [-0.1, -0.05) is 22.0 Å². The number of hydrogen-bond acceptors (Lipinski definition) is 3. The number of nitrogens with two attached hydrogens (primary N) is 1. The lowest BCUT2D eigenvalue weighted by Crippen LogP contribution is -2.16.